The van der Waals surface area contributed by atoms with Gasteiger partial charge in [0.25, 0.3) is 5.91 Å². The van der Waals surface area contributed by atoms with E-state index in [0.717, 1.165) is 5.56 Å². The summed E-state index contributed by atoms with van der Waals surface area (Å²) in [6.07, 6.45) is 0. The molecular weight excluding hydrogens is 250 g/mol. The van der Waals surface area contributed by atoms with Crippen LogP contribution in [0.25, 0.3) is 0 Å². The van der Waals surface area contributed by atoms with Gasteiger partial charge in [0.1, 0.15) is 0 Å². The molecule has 1 heterocycles. The van der Waals surface area contributed by atoms with Crippen molar-refractivity contribution < 1.29 is 14.7 Å². The molecule has 5 heteroatoms. The highest BCUT2D eigenvalue weighted by Gasteiger charge is 2.15. The minimum absolute atomic E-state index is 0.113. The van der Waals surface area contributed by atoms with Crippen molar-refractivity contribution in [2.24, 2.45) is 0 Å². The summed E-state index contributed by atoms with van der Waals surface area (Å²) in [7, 11) is 0. The van der Waals surface area contributed by atoms with Gasteiger partial charge in [-0.15, -0.1) is 11.3 Å². The molecule has 18 heavy (non-hydrogen) atoms. The van der Waals surface area contributed by atoms with Gasteiger partial charge in [-0.2, -0.15) is 0 Å². The molecule has 0 atom stereocenters. The molecular formula is C13H11NO3S. The lowest BCUT2D eigenvalue weighted by Crippen LogP contribution is -2.14. The van der Waals surface area contributed by atoms with E-state index in [9.17, 15) is 9.59 Å². The Morgan fingerprint density at radius 1 is 1.17 bits per heavy atom. The largest absolute Gasteiger partial charge is 0.478 e. The number of nitrogens with one attached hydrogen (secondary N) is 1. The first-order valence-corrected chi connectivity index (χ1v) is 6.20. The Morgan fingerprint density at radius 2 is 1.89 bits per heavy atom. The summed E-state index contributed by atoms with van der Waals surface area (Å²) in [4.78, 5) is 22.9. The van der Waals surface area contributed by atoms with Crippen LogP contribution in [0.4, 0.5) is 5.69 Å². The molecule has 0 unspecified atom stereocenters. The second-order valence-corrected chi connectivity index (χ2v) is 4.52. The first-order valence-electron chi connectivity index (χ1n) is 5.26. The number of anilines is 1. The molecule has 4 nitrogen and oxygen atoms in total. The third-order valence-electron chi connectivity index (χ3n) is 2.53. The van der Waals surface area contributed by atoms with E-state index in [2.05, 4.69) is 5.32 Å². The van der Waals surface area contributed by atoms with Gasteiger partial charge in [0.2, 0.25) is 0 Å². The summed E-state index contributed by atoms with van der Waals surface area (Å²) >= 11 is 1.24. The Hall–Kier alpha value is -2.14. The standard InChI is InChI=1S/C13H11NO3S/c1-8-4-2-3-5-9(8)12(15)14-11-7-18-6-10(11)13(16)17/h2-7H,1H3,(H,14,15)(H,16,17). The van der Waals surface area contributed by atoms with Crippen LogP contribution in [0, 0.1) is 6.92 Å². The van der Waals surface area contributed by atoms with Crippen LogP contribution in [0.1, 0.15) is 26.3 Å². The molecule has 2 rings (SSSR count). The highest BCUT2D eigenvalue weighted by molar-refractivity contribution is 7.08. The fourth-order valence-electron chi connectivity index (χ4n) is 1.58. The number of aromatic carboxylic acids is 1. The van der Waals surface area contributed by atoms with Crippen molar-refractivity contribution in [2.75, 3.05) is 5.32 Å². The summed E-state index contributed by atoms with van der Waals surface area (Å²) in [5, 5.41) is 14.7. The summed E-state index contributed by atoms with van der Waals surface area (Å²) in [5.41, 5.74) is 1.84. The molecule has 0 saturated carbocycles. The Balaban J connectivity index is 2.25. The maximum Gasteiger partial charge on any atom is 0.338 e. The molecule has 0 radical (unpaired) electrons. The van der Waals surface area contributed by atoms with Gasteiger partial charge in [-0.3, -0.25) is 4.79 Å². The average Bonchev–Trinajstić information content (AvgIpc) is 2.77. The number of carboxylic acid groups (broad SMARTS) is 1. The third-order valence-corrected chi connectivity index (χ3v) is 3.27. The number of hydrogen-bond donors (Lipinski definition) is 2. The van der Waals surface area contributed by atoms with Crippen LogP contribution >= 0.6 is 11.3 Å². The van der Waals surface area contributed by atoms with Crippen molar-refractivity contribution in [1.29, 1.82) is 0 Å². The van der Waals surface area contributed by atoms with Gasteiger partial charge in [0, 0.05) is 16.3 Å². The van der Waals surface area contributed by atoms with Gasteiger partial charge < -0.3 is 10.4 Å². The minimum atomic E-state index is -1.05. The van der Waals surface area contributed by atoms with Crippen LogP contribution in [0.3, 0.4) is 0 Å². The Morgan fingerprint density at radius 3 is 2.56 bits per heavy atom. The van der Waals surface area contributed by atoms with Gasteiger partial charge >= 0.3 is 5.97 Å². The Labute approximate surface area is 108 Å². The van der Waals surface area contributed by atoms with Crippen molar-refractivity contribution in [3.63, 3.8) is 0 Å². The lowest BCUT2D eigenvalue weighted by atomic mass is 10.1. The van der Waals surface area contributed by atoms with Gasteiger partial charge in [0.15, 0.2) is 0 Å². The molecule has 1 aromatic heterocycles. The smallest absolute Gasteiger partial charge is 0.338 e. The van der Waals surface area contributed by atoms with Crippen LogP contribution in [-0.4, -0.2) is 17.0 Å². The molecule has 1 amide bonds. The highest BCUT2D eigenvalue weighted by Crippen LogP contribution is 2.22. The second kappa shape index (κ2) is 5.01. The van der Waals surface area contributed by atoms with Crippen molar-refractivity contribution in [3.8, 4) is 0 Å². The molecule has 0 bridgehead atoms. The number of carbonyl (C=O) groups is 2. The van der Waals surface area contributed by atoms with E-state index in [1.54, 1.807) is 17.5 Å². The average molecular weight is 261 g/mol. The van der Waals surface area contributed by atoms with Crippen LogP contribution in [0.15, 0.2) is 35.0 Å². The molecule has 2 aromatic rings. The van der Waals surface area contributed by atoms with E-state index >= 15 is 0 Å². The van der Waals surface area contributed by atoms with Crippen molar-refractivity contribution in [1.82, 2.24) is 0 Å². The summed E-state index contributed by atoms with van der Waals surface area (Å²) in [6, 6.07) is 7.16. The zero-order valence-corrected chi connectivity index (χ0v) is 10.5. The first-order chi connectivity index (χ1) is 8.59. The first kappa shape index (κ1) is 12.3. The quantitative estimate of drug-likeness (QED) is 0.892. The molecule has 0 aliphatic heterocycles. The monoisotopic (exact) mass is 261 g/mol. The Kier molecular flexibility index (Phi) is 3.43. The van der Waals surface area contributed by atoms with E-state index in [0.29, 0.717) is 11.3 Å². The van der Waals surface area contributed by atoms with Crippen LogP contribution in [-0.2, 0) is 0 Å². The zero-order chi connectivity index (χ0) is 13.1. The maximum atomic E-state index is 12.0. The molecule has 0 spiro atoms. The summed E-state index contributed by atoms with van der Waals surface area (Å²) in [6.45, 7) is 1.83. The number of hydrogen-bond acceptors (Lipinski definition) is 3. The van der Waals surface area contributed by atoms with Crippen LogP contribution in [0.5, 0.6) is 0 Å². The van der Waals surface area contributed by atoms with Gasteiger partial charge in [-0.1, -0.05) is 18.2 Å². The minimum Gasteiger partial charge on any atom is -0.478 e. The number of benzene rings is 1. The van der Waals surface area contributed by atoms with Crippen molar-refractivity contribution in [2.45, 2.75) is 6.92 Å². The summed E-state index contributed by atoms with van der Waals surface area (Å²) < 4.78 is 0. The van der Waals surface area contributed by atoms with Crippen LogP contribution < -0.4 is 5.32 Å². The number of carbonyl (C=O) groups excluding carboxylic acids is 1. The van der Waals surface area contributed by atoms with Gasteiger partial charge in [0.05, 0.1) is 11.3 Å². The van der Waals surface area contributed by atoms with Crippen LogP contribution in [0.2, 0.25) is 0 Å². The number of rotatable bonds is 3. The number of aryl methyl sites for hydroxylation is 1. The number of carboxylic acids is 1. The van der Waals surface area contributed by atoms with Gasteiger partial charge in [-0.05, 0) is 18.6 Å². The van der Waals surface area contributed by atoms with Crippen molar-refractivity contribution in [3.05, 3.63) is 51.7 Å². The molecule has 0 aliphatic carbocycles. The SMILES string of the molecule is Cc1ccccc1C(=O)Nc1cscc1C(=O)O. The summed E-state index contributed by atoms with van der Waals surface area (Å²) in [5.74, 6) is -1.34. The topological polar surface area (TPSA) is 66.4 Å². The fourth-order valence-corrected chi connectivity index (χ4v) is 2.33. The maximum absolute atomic E-state index is 12.0. The molecule has 92 valence electrons. The van der Waals surface area contributed by atoms with E-state index in [-0.39, 0.29) is 11.5 Å². The van der Waals surface area contributed by atoms with E-state index < -0.39 is 5.97 Å². The van der Waals surface area contributed by atoms with E-state index in [4.69, 9.17) is 5.11 Å². The normalized spacial score (nSPS) is 10.1. The van der Waals surface area contributed by atoms with E-state index in [1.165, 1.54) is 16.7 Å². The molecule has 0 aliphatic rings. The predicted molar refractivity (Wildman–Crippen MR) is 70.4 cm³/mol. The lowest BCUT2D eigenvalue weighted by molar-refractivity contribution is 0.0698. The third kappa shape index (κ3) is 2.41. The lowest BCUT2D eigenvalue weighted by Gasteiger charge is -2.06. The number of thiophene rings is 1. The highest BCUT2D eigenvalue weighted by atomic mass is 32.1. The molecule has 1 aromatic carbocycles. The predicted octanol–water partition coefficient (Wildman–Crippen LogP) is 3.01. The molecule has 0 saturated heterocycles. The fraction of sp³-hybridized carbons (Fsp3) is 0.0769. The van der Waals surface area contributed by atoms with Crippen molar-refractivity contribution >= 4 is 28.9 Å². The zero-order valence-electron chi connectivity index (χ0n) is 9.64. The number of amides is 1. The molecule has 2 N–H and O–H groups in total. The Bertz CT molecular complexity index is 604. The molecule has 0 fully saturated rings. The van der Waals surface area contributed by atoms with E-state index in [1.807, 2.05) is 19.1 Å². The van der Waals surface area contributed by atoms with Gasteiger partial charge in [-0.25, -0.2) is 4.79 Å². The second-order valence-electron chi connectivity index (χ2n) is 3.77.